The Morgan fingerprint density at radius 2 is 0.164 bits per heavy atom. The van der Waals surface area contributed by atoms with Gasteiger partial charge in [0, 0.05) is 35.8 Å². The molecule has 0 aliphatic rings. The van der Waals surface area contributed by atoms with Crippen LogP contribution in [-0.4, -0.2) is 73.6 Å². The summed E-state index contributed by atoms with van der Waals surface area (Å²) in [7, 11) is 0. The minimum Gasteiger partial charge on any atom is -0.550 e. The van der Waals surface area contributed by atoms with E-state index in [1.165, 1.54) is 501 Å². The molecule has 0 fully saturated rings. The molecule has 0 atom stereocenters. The normalized spacial score (nSPS) is 10.7. The van der Waals surface area contributed by atoms with Crippen LogP contribution >= 0.6 is 0 Å². The van der Waals surface area contributed by atoms with Crippen LogP contribution in [0, 0.1) is 0 Å². The molecule has 12 nitrogen and oxygen atoms in total. The molecule has 0 aromatic heterocycles. The number of rotatable bonds is 96. The maximum atomic E-state index is 10.2. The van der Waals surface area contributed by atoms with E-state index in [-0.39, 0.29) is 97.3 Å². The third kappa shape index (κ3) is 162. The van der Waals surface area contributed by atoms with Gasteiger partial charge in [0.2, 0.25) is 0 Å². The Morgan fingerprint density at radius 1 is 0.115 bits per heavy atom. The van der Waals surface area contributed by atoms with Crippen molar-refractivity contribution in [2.45, 2.75) is 658 Å². The Kier molecular flexibility index (Phi) is 148. The smallest absolute Gasteiger partial charge is 0.550 e. The summed E-state index contributed by atoms with van der Waals surface area (Å²) in [5, 5.41) is 61.3. The molecule has 14 heteroatoms. The molecule has 0 aliphatic carbocycles. The van der Waals surface area contributed by atoms with Crippen molar-refractivity contribution in [1.82, 2.24) is 0 Å². The average molecular weight is 1840 g/mol. The quantitative estimate of drug-likeness (QED) is 0.0408. The summed E-state index contributed by atoms with van der Waals surface area (Å²) in [4.78, 5) is 61.3. The largest absolute Gasteiger partial charge is 4.00 e. The summed E-state index contributed by atoms with van der Waals surface area (Å²) in [5.41, 5.74) is 0. The van der Waals surface area contributed by atoms with E-state index in [0.717, 1.165) is 77.0 Å². The standard InChI is InChI=1S/6C18H36O2.Ca.Mo/c6*1-2-3-4-5-6-7-8-9-10-11-12-13-14-15-16-17-18(19)20;;/h6*2-17H2,1H3,(H,19,20);;/q;;;;;;+2;+4/p-6. The third-order valence-electron chi connectivity index (χ3n) is 23.9. The fourth-order valence-corrected chi connectivity index (χ4v) is 15.8. The van der Waals surface area contributed by atoms with Gasteiger partial charge in [-0.25, -0.2) is 0 Å². The SMILES string of the molecule is CCCCCCCCCCCCCCCCCC(=O)[O-].CCCCCCCCCCCCCCCCCC(=O)[O-].CCCCCCCCCCCCCCCCCC(=O)[O-].CCCCCCCCCCCCCCCCCC(=O)[O-].CCCCCCCCCCCCCCCCCC(=O)[O-].CCCCCCCCCCCCCCCCCC(=O)[O-].[Ca+2].[Mo+4]. The number of carbonyl (C=O) groups is 6. The number of unbranched alkanes of at least 4 members (excludes halogenated alkanes) is 84. The summed E-state index contributed by atoms with van der Waals surface area (Å²) in [6.07, 6.45) is 119. The Balaban J connectivity index is -0.000000212. The van der Waals surface area contributed by atoms with Gasteiger partial charge in [0.05, 0.1) is 0 Å². The van der Waals surface area contributed by atoms with Gasteiger partial charge >= 0.3 is 58.8 Å². The number of carboxylic acid groups (broad SMARTS) is 6. The first-order valence-corrected chi connectivity index (χ1v) is 53.8. The number of carboxylic acids is 6. The van der Waals surface area contributed by atoms with Crippen molar-refractivity contribution in [3.63, 3.8) is 0 Å². The van der Waals surface area contributed by atoms with Crippen LogP contribution in [-0.2, 0) is 49.8 Å². The molecule has 122 heavy (non-hydrogen) atoms. The Bertz CT molecular complexity index is 1570. The van der Waals surface area contributed by atoms with E-state index < -0.39 is 35.8 Å². The zero-order valence-corrected chi connectivity index (χ0v) is 87.1. The summed E-state index contributed by atoms with van der Waals surface area (Å²) >= 11 is 0. The van der Waals surface area contributed by atoms with Crippen LogP contribution in [0.1, 0.15) is 658 Å². The molecule has 0 aliphatic heterocycles. The van der Waals surface area contributed by atoms with E-state index in [1.54, 1.807) is 0 Å². The number of carbonyl (C=O) groups excluding carboxylic acids is 6. The molecule has 0 unspecified atom stereocenters. The summed E-state index contributed by atoms with van der Waals surface area (Å²) in [6, 6.07) is 0. The van der Waals surface area contributed by atoms with E-state index in [9.17, 15) is 59.4 Å². The first-order chi connectivity index (χ1) is 58.6. The zero-order chi connectivity index (χ0) is 89.3. The summed E-state index contributed by atoms with van der Waals surface area (Å²) < 4.78 is 0. The Hall–Kier alpha value is -1.23. The number of aliphatic carboxylic acids is 6. The fourth-order valence-electron chi connectivity index (χ4n) is 15.8. The summed E-state index contributed by atoms with van der Waals surface area (Å²) in [5.74, 6) is -5.42. The van der Waals surface area contributed by atoms with Gasteiger partial charge in [-0.3, -0.25) is 0 Å². The van der Waals surface area contributed by atoms with Gasteiger partial charge in [0.25, 0.3) is 0 Å². The molecular formula is C108H210CaMoO12. The van der Waals surface area contributed by atoms with Gasteiger partial charge in [0.15, 0.2) is 0 Å². The van der Waals surface area contributed by atoms with Crippen molar-refractivity contribution in [3.8, 4) is 0 Å². The monoisotopic (exact) mass is 1840 g/mol. The first kappa shape index (κ1) is 136. The second-order valence-electron chi connectivity index (χ2n) is 36.4. The number of hydrogen-bond donors (Lipinski definition) is 0. The van der Waals surface area contributed by atoms with Crippen LogP contribution in [0.2, 0.25) is 0 Å². The van der Waals surface area contributed by atoms with Crippen molar-refractivity contribution < 1.29 is 80.5 Å². The molecule has 0 rings (SSSR count). The molecule has 722 valence electrons. The van der Waals surface area contributed by atoms with Crippen molar-refractivity contribution in [1.29, 1.82) is 0 Å². The average Bonchev–Trinajstić information content (AvgIpc) is 1.20. The first-order valence-electron chi connectivity index (χ1n) is 53.8. The maximum absolute atomic E-state index is 10.2. The van der Waals surface area contributed by atoms with Gasteiger partial charge in [-0.15, -0.1) is 0 Å². The van der Waals surface area contributed by atoms with Gasteiger partial charge in [0.1, 0.15) is 0 Å². The second kappa shape index (κ2) is 133. The molecular weight excluding hydrogens is 1630 g/mol. The molecule has 0 saturated heterocycles. The molecule has 0 radical (unpaired) electrons. The van der Waals surface area contributed by atoms with Crippen molar-refractivity contribution in [3.05, 3.63) is 0 Å². The van der Waals surface area contributed by atoms with Crippen LogP contribution in [0.15, 0.2) is 0 Å². The third-order valence-corrected chi connectivity index (χ3v) is 23.9. The molecule has 0 saturated carbocycles. The van der Waals surface area contributed by atoms with Crippen LogP contribution in [0.4, 0.5) is 0 Å². The van der Waals surface area contributed by atoms with E-state index >= 15 is 0 Å². The van der Waals surface area contributed by atoms with Gasteiger partial charge in [-0.2, -0.15) is 0 Å². The van der Waals surface area contributed by atoms with Gasteiger partial charge < -0.3 is 59.4 Å². The second-order valence-corrected chi connectivity index (χ2v) is 36.4. The predicted octanol–water partition coefficient (Wildman–Crippen LogP) is 29.6. The molecule has 0 heterocycles. The maximum Gasteiger partial charge on any atom is 4.00 e. The van der Waals surface area contributed by atoms with E-state index in [0.29, 0.717) is 0 Å². The topological polar surface area (TPSA) is 241 Å². The van der Waals surface area contributed by atoms with Crippen LogP contribution < -0.4 is 30.6 Å². The Morgan fingerprint density at radius 3 is 0.213 bits per heavy atom. The van der Waals surface area contributed by atoms with Crippen LogP contribution in [0.3, 0.4) is 0 Å². The molecule has 0 spiro atoms. The van der Waals surface area contributed by atoms with Crippen LogP contribution in [0.25, 0.3) is 0 Å². The van der Waals surface area contributed by atoms with Crippen molar-refractivity contribution >= 4 is 73.6 Å². The van der Waals surface area contributed by atoms with E-state index in [4.69, 9.17) is 0 Å². The van der Waals surface area contributed by atoms with Crippen LogP contribution in [0.5, 0.6) is 0 Å². The fraction of sp³-hybridized carbons (Fsp3) is 0.944. The number of hydrogen-bond acceptors (Lipinski definition) is 12. The molecule has 0 amide bonds. The summed E-state index contributed by atoms with van der Waals surface area (Å²) in [6.45, 7) is 13.6. The van der Waals surface area contributed by atoms with Crippen molar-refractivity contribution in [2.24, 2.45) is 0 Å². The zero-order valence-electron chi connectivity index (χ0n) is 82.9. The Labute approximate surface area is 805 Å². The van der Waals surface area contributed by atoms with E-state index in [1.807, 2.05) is 0 Å². The van der Waals surface area contributed by atoms with Gasteiger partial charge in [-0.05, 0) is 77.0 Å². The minimum atomic E-state index is -0.903. The molecule has 0 aromatic rings. The van der Waals surface area contributed by atoms with E-state index in [2.05, 4.69) is 41.5 Å². The predicted molar refractivity (Wildman–Crippen MR) is 513 cm³/mol. The van der Waals surface area contributed by atoms with Crippen molar-refractivity contribution in [2.75, 3.05) is 0 Å². The molecule has 0 aromatic carbocycles. The van der Waals surface area contributed by atoms with Gasteiger partial charge in [-0.1, -0.05) is 581 Å². The molecule has 0 bridgehead atoms. The minimum absolute atomic E-state index is 0. The molecule has 0 N–H and O–H groups in total.